The molecule has 0 radical (unpaired) electrons. The molecule has 1 rings (SSSR count). The Balaban J connectivity index is 2.59. The van der Waals surface area contributed by atoms with Crippen LogP contribution < -0.4 is 0 Å². The van der Waals surface area contributed by atoms with Crippen LogP contribution in [0, 0.1) is 5.82 Å². The average Bonchev–Trinajstić information content (AvgIpc) is 2.16. The number of benzene rings is 1. The highest BCUT2D eigenvalue weighted by Crippen LogP contribution is 2.16. The van der Waals surface area contributed by atoms with Gasteiger partial charge >= 0.3 is 0 Å². The van der Waals surface area contributed by atoms with Crippen molar-refractivity contribution in [1.29, 1.82) is 0 Å². The van der Waals surface area contributed by atoms with Crippen molar-refractivity contribution < 1.29 is 13.9 Å². The Morgan fingerprint density at radius 1 is 1.50 bits per heavy atom. The fraction of sp³-hybridized carbons (Fsp3) is 0.400. The van der Waals surface area contributed by atoms with Gasteiger partial charge in [0.25, 0.3) is 0 Å². The first kappa shape index (κ1) is 11.6. The monoisotopic (exact) mass is 262 g/mol. The number of hydrogen-bond acceptors (Lipinski definition) is 2. The summed E-state index contributed by atoms with van der Waals surface area (Å²) in [5, 5.41) is 0. The van der Waals surface area contributed by atoms with E-state index < -0.39 is 0 Å². The molecular weight excluding hydrogens is 251 g/mol. The van der Waals surface area contributed by atoms with E-state index in [-0.39, 0.29) is 18.7 Å². The third-order valence-electron chi connectivity index (χ3n) is 1.82. The van der Waals surface area contributed by atoms with Gasteiger partial charge in [0.05, 0.1) is 6.61 Å². The molecule has 0 bridgehead atoms. The molecule has 0 amide bonds. The molecule has 0 heterocycles. The summed E-state index contributed by atoms with van der Waals surface area (Å²) in [7, 11) is 1.54. The van der Waals surface area contributed by atoms with Gasteiger partial charge in [-0.15, -0.1) is 0 Å². The fourth-order valence-corrected chi connectivity index (χ4v) is 1.25. The average molecular weight is 263 g/mol. The molecule has 78 valence electrons. The molecule has 0 aliphatic carbocycles. The van der Waals surface area contributed by atoms with Gasteiger partial charge in [-0.25, -0.2) is 4.39 Å². The van der Waals surface area contributed by atoms with Crippen LogP contribution in [0.15, 0.2) is 22.7 Å². The van der Waals surface area contributed by atoms with Gasteiger partial charge in [0.2, 0.25) is 0 Å². The van der Waals surface area contributed by atoms with E-state index in [9.17, 15) is 4.39 Å². The summed E-state index contributed by atoms with van der Waals surface area (Å²) in [4.78, 5) is 0. The minimum absolute atomic E-state index is 0.216. The Hall–Kier alpha value is -0.450. The first-order valence-corrected chi connectivity index (χ1v) is 5.01. The quantitative estimate of drug-likeness (QED) is 0.777. The Morgan fingerprint density at radius 3 is 2.79 bits per heavy atom. The maximum Gasteiger partial charge on any atom is 0.154 e. The minimum atomic E-state index is -0.321. The second kappa shape index (κ2) is 5.44. The molecule has 4 heteroatoms. The Labute approximate surface area is 91.2 Å². The largest absolute Gasteiger partial charge is 0.356 e. The Morgan fingerprint density at radius 2 is 2.21 bits per heavy atom. The van der Waals surface area contributed by atoms with Crippen LogP contribution in [0.2, 0.25) is 0 Å². The van der Waals surface area contributed by atoms with E-state index in [2.05, 4.69) is 15.9 Å². The highest BCUT2D eigenvalue weighted by atomic mass is 79.9. The zero-order valence-corrected chi connectivity index (χ0v) is 9.67. The third kappa shape index (κ3) is 3.36. The summed E-state index contributed by atoms with van der Waals surface area (Å²) in [6.07, 6.45) is -0.321. The second-order valence-corrected chi connectivity index (χ2v) is 3.77. The van der Waals surface area contributed by atoms with Gasteiger partial charge in [0.1, 0.15) is 5.82 Å². The van der Waals surface area contributed by atoms with Gasteiger partial charge in [-0.2, -0.15) is 0 Å². The van der Waals surface area contributed by atoms with Gasteiger partial charge in [-0.1, -0.05) is 22.0 Å². The van der Waals surface area contributed by atoms with Crippen molar-refractivity contribution in [2.45, 2.75) is 19.8 Å². The van der Waals surface area contributed by atoms with E-state index in [1.807, 2.05) is 0 Å². The third-order valence-corrected chi connectivity index (χ3v) is 2.31. The molecule has 0 aromatic heterocycles. The van der Waals surface area contributed by atoms with Crippen LogP contribution in [0.1, 0.15) is 12.5 Å². The van der Waals surface area contributed by atoms with Gasteiger partial charge in [0.15, 0.2) is 6.29 Å². The maximum absolute atomic E-state index is 13.3. The second-order valence-electron chi connectivity index (χ2n) is 2.85. The molecule has 0 aliphatic heterocycles. The fourth-order valence-electron chi connectivity index (χ4n) is 0.914. The van der Waals surface area contributed by atoms with E-state index in [1.54, 1.807) is 26.2 Å². The molecule has 1 atom stereocenters. The van der Waals surface area contributed by atoms with E-state index in [0.29, 0.717) is 5.56 Å². The molecule has 0 N–H and O–H groups in total. The lowest BCUT2D eigenvalue weighted by Gasteiger charge is -2.11. The minimum Gasteiger partial charge on any atom is -0.356 e. The summed E-state index contributed by atoms with van der Waals surface area (Å²) in [5.41, 5.74) is 0.525. The molecule has 0 spiro atoms. The van der Waals surface area contributed by atoms with Crippen molar-refractivity contribution in [1.82, 2.24) is 0 Å². The number of rotatable bonds is 4. The molecule has 1 unspecified atom stereocenters. The Kier molecular flexibility index (Phi) is 4.51. The normalized spacial score (nSPS) is 12.9. The summed E-state index contributed by atoms with van der Waals surface area (Å²) in [5.74, 6) is -0.275. The van der Waals surface area contributed by atoms with Gasteiger partial charge in [0, 0.05) is 17.1 Å². The number of ether oxygens (including phenoxy) is 2. The van der Waals surface area contributed by atoms with Crippen LogP contribution in [0.5, 0.6) is 0 Å². The topological polar surface area (TPSA) is 18.5 Å². The lowest BCUT2D eigenvalue weighted by Crippen LogP contribution is -2.10. The predicted octanol–water partition coefficient (Wildman–Crippen LogP) is 3.10. The molecule has 0 saturated carbocycles. The van der Waals surface area contributed by atoms with E-state index in [4.69, 9.17) is 9.47 Å². The molecule has 0 aliphatic rings. The van der Waals surface area contributed by atoms with Crippen LogP contribution in [-0.4, -0.2) is 13.4 Å². The summed E-state index contributed by atoms with van der Waals surface area (Å²) < 4.78 is 24.1. The zero-order chi connectivity index (χ0) is 10.6. The van der Waals surface area contributed by atoms with Crippen LogP contribution >= 0.6 is 15.9 Å². The van der Waals surface area contributed by atoms with E-state index in [1.165, 1.54) is 6.07 Å². The molecule has 14 heavy (non-hydrogen) atoms. The number of methoxy groups -OCH3 is 1. The molecule has 0 saturated heterocycles. The van der Waals surface area contributed by atoms with Crippen LogP contribution in [0.3, 0.4) is 0 Å². The van der Waals surface area contributed by atoms with Crippen molar-refractivity contribution >= 4 is 15.9 Å². The van der Waals surface area contributed by atoms with Gasteiger partial charge in [-0.3, -0.25) is 0 Å². The summed E-state index contributed by atoms with van der Waals surface area (Å²) >= 11 is 3.18. The molecule has 1 aromatic rings. The lowest BCUT2D eigenvalue weighted by atomic mass is 10.2. The first-order valence-electron chi connectivity index (χ1n) is 4.22. The van der Waals surface area contributed by atoms with E-state index in [0.717, 1.165) is 4.47 Å². The van der Waals surface area contributed by atoms with Crippen LogP contribution in [0.4, 0.5) is 4.39 Å². The van der Waals surface area contributed by atoms with E-state index >= 15 is 0 Å². The smallest absolute Gasteiger partial charge is 0.154 e. The predicted molar refractivity (Wildman–Crippen MR) is 55.4 cm³/mol. The van der Waals surface area contributed by atoms with Crippen molar-refractivity contribution in [2.75, 3.05) is 7.11 Å². The lowest BCUT2D eigenvalue weighted by molar-refractivity contribution is -0.119. The molecule has 2 nitrogen and oxygen atoms in total. The summed E-state index contributed by atoms with van der Waals surface area (Å²) in [6, 6.07) is 4.87. The summed E-state index contributed by atoms with van der Waals surface area (Å²) in [6.45, 7) is 1.98. The number of halogens is 2. The first-order chi connectivity index (χ1) is 6.63. The highest BCUT2D eigenvalue weighted by Gasteiger charge is 2.05. The molecule has 1 aromatic carbocycles. The van der Waals surface area contributed by atoms with Gasteiger partial charge in [-0.05, 0) is 19.1 Å². The molecular formula is C10H12BrFO2. The van der Waals surface area contributed by atoms with Crippen molar-refractivity contribution in [2.24, 2.45) is 0 Å². The number of hydrogen-bond donors (Lipinski definition) is 0. The van der Waals surface area contributed by atoms with Crippen LogP contribution in [-0.2, 0) is 16.1 Å². The standard InChI is InChI=1S/C10H12BrFO2/c1-7(13-2)14-6-8-3-4-9(11)5-10(8)12/h3-5,7H,6H2,1-2H3. The SMILES string of the molecule is COC(C)OCc1ccc(Br)cc1F. The Bertz CT molecular complexity index is 304. The van der Waals surface area contributed by atoms with Gasteiger partial charge < -0.3 is 9.47 Å². The van der Waals surface area contributed by atoms with Crippen LogP contribution in [0.25, 0.3) is 0 Å². The highest BCUT2D eigenvalue weighted by molar-refractivity contribution is 9.10. The van der Waals surface area contributed by atoms with Crippen molar-refractivity contribution in [3.8, 4) is 0 Å². The van der Waals surface area contributed by atoms with Crippen molar-refractivity contribution in [3.63, 3.8) is 0 Å². The maximum atomic E-state index is 13.3. The van der Waals surface area contributed by atoms with Crippen molar-refractivity contribution in [3.05, 3.63) is 34.1 Å². The zero-order valence-electron chi connectivity index (χ0n) is 8.09. The molecule has 0 fully saturated rings.